The number of aryl methyl sites for hydroxylation is 2. The van der Waals surface area contributed by atoms with E-state index in [1.54, 1.807) is 6.07 Å². The molecule has 0 aliphatic rings. The first-order chi connectivity index (χ1) is 8.22. The number of ether oxygens (including phenoxy) is 1. The summed E-state index contributed by atoms with van der Waals surface area (Å²) in [6.07, 6.45) is 0. The van der Waals surface area contributed by atoms with Crippen molar-refractivity contribution in [1.82, 2.24) is 0 Å². The van der Waals surface area contributed by atoms with Gasteiger partial charge in [0.2, 0.25) is 0 Å². The number of nitrogens with zero attached hydrogens (tertiary/aromatic N) is 1. The molecule has 2 aromatic carbocycles. The van der Waals surface area contributed by atoms with Crippen molar-refractivity contribution < 1.29 is 4.74 Å². The lowest BCUT2D eigenvalue weighted by molar-refractivity contribution is 0.473. The van der Waals surface area contributed by atoms with Crippen LogP contribution in [0.5, 0.6) is 11.5 Å². The molecule has 0 fully saturated rings. The van der Waals surface area contributed by atoms with E-state index in [1.165, 1.54) is 0 Å². The van der Waals surface area contributed by atoms with E-state index < -0.39 is 0 Å². The van der Waals surface area contributed by atoms with E-state index in [0.29, 0.717) is 11.3 Å². The molecule has 0 radical (unpaired) electrons. The van der Waals surface area contributed by atoms with Gasteiger partial charge in [-0.2, -0.15) is 5.26 Å². The molecule has 0 saturated carbocycles. The van der Waals surface area contributed by atoms with Gasteiger partial charge in [0.05, 0.1) is 5.56 Å². The van der Waals surface area contributed by atoms with E-state index in [2.05, 4.69) is 6.07 Å². The summed E-state index contributed by atoms with van der Waals surface area (Å²) in [4.78, 5) is 0. The topological polar surface area (TPSA) is 33.0 Å². The lowest BCUT2D eigenvalue weighted by Gasteiger charge is -2.11. The molecule has 17 heavy (non-hydrogen) atoms. The molecular weight excluding hydrogens is 210 g/mol. The maximum atomic E-state index is 9.06. The predicted molar refractivity (Wildman–Crippen MR) is 67.1 cm³/mol. The molecule has 2 aromatic rings. The van der Waals surface area contributed by atoms with Crippen molar-refractivity contribution in [1.29, 1.82) is 5.26 Å². The molecule has 0 unspecified atom stereocenters. The van der Waals surface area contributed by atoms with Gasteiger partial charge in [-0.05, 0) is 37.1 Å². The minimum absolute atomic E-state index is 0.563. The van der Waals surface area contributed by atoms with Crippen LogP contribution in [0.2, 0.25) is 0 Å². The van der Waals surface area contributed by atoms with Crippen LogP contribution in [0.3, 0.4) is 0 Å². The first-order valence-corrected chi connectivity index (χ1v) is 5.45. The number of hydrogen-bond donors (Lipinski definition) is 0. The lowest BCUT2D eigenvalue weighted by atomic mass is 10.1. The van der Waals surface area contributed by atoms with E-state index in [-0.39, 0.29) is 0 Å². The summed E-state index contributed by atoms with van der Waals surface area (Å²) < 4.78 is 5.84. The maximum absolute atomic E-state index is 9.06. The molecule has 0 aromatic heterocycles. The Morgan fingerprint density at radius 3 is 2.35 bits per heavy atom. The Balaban J connectivity index is 2.44. The van der Waals surface area contributed by atoms with E-state index in [1.807, 2.05) is 50.2 Å². The molecule has 2 heteroatoms. The molecule has 0 atom stereocenters. The van der Waals surface area contributed by atoms with Gasteiger partial charge < -0.3 is 4.74 Å². The second kappa shape index (κ2) is 4.71. The third-order valence-electron chi connectivity index (χ3n) is 2.64. The van der Waals surface area contributed by atoms with Crippen molar-refractivity contribution in [2.75, 3.05) is 0 Å². The third-order valence-corrected chi connectivity index (χ3v) is 2.64. The van der Waals surface area contributed by atoms with Crippen LogP contribution in [-0.2, 0) is 0 Å². The van der Waals surface area contributed by atoms with Crippen molar-refractivity contribution >= 4 is 0 Å². The van der Waals surface area contributed by atoms with Crippen molar-refractivity contribution in [3.8, 4) is 17.6 Å². The first kappa shape index (κ1) is 11.2. The molecule has 0 spiro atoms. The minimum atomic E-state index is 0.563. The molecule has 0 aliphatic heterocycles. The summed E-state index contributed by atoms with van der Waals surface area (Å²) in [6, 6.07) is 15.5. The average Bonchev–Trinajstić information content (AvgIpc) is 2.34. The molecular formula is C15H13NO. The molecule has 84 valence electrons. The van der Waals surface area contributed by atoms with Crippen LogP contribution in [0.1, 0.15) is 16.7 Å². The van der Waals surface area contributed by atoms with E-state index in [9.17, 15) is 0 Å². The first-order valence-electron chi connectivity index (χ1n) is 5.45. The third kappa shape index (κ3) is 2.29. The molecule has 0 amide bonds. The quantitative estimate of drug-likeness (QED) is 0.771. The summed E-state index contributed by atoms with van der Waals surface area (Å²) in [5, 5.41) is 9.06. The molecule has 0 bridgehead atoms. The Labute approximate surface area is 101 Å². The number of hydrogen-bond acceptors (Lipinski definition) is 2. The average molecular weight is 223 g/mol. The zero-order valence-corrected chi connectivity index (χ0v) is 9.90. The monoisotopic (exact) mass is 223 g/mol. The zero-order chi connectivity index (χ0) is 12.3. The van der Waals surface area contributed by atoms with Gasteiger partial charge >= 0.3 is 0 Å². The molecule has 0 aliphatic carbocycles. The van der Waals surface area contributed by atoms with Gasteiger partial charge in [0.15, 0.2) is 0 Å². The normalized spacial score (nSPS) is 9.71. The van der Waals surface area contributed by atoms with E-state index in [4.69, 9.17) is 10.00 Å². The van der Waals surface area contributed by atoms with Crippen LogP contribution in [-0.4, -0.2) is 0 Å². The highest BCUT2D eigenvalue weighted by molar-refractivity contribution is 5.50. The summed E-state index contributed by atoms with van der Waals surface area (Å²) in [6.45, 7) is 3.92. The summed E-state index contributed by atoms with van der Waals surface area (Å²) in [5.74, 6) is 1.43. The van der Waals surface area contributed by atoms with Gasteiger partial charge in [-0.15, -0.1) is 0 Å². The van der Waals surface area contributed by atoms with Crippen molar-refractivity contribution in [3.05, 3.63) is 59.2 Å². The smallest absolute Gasteiger partial charge is 0.148 e. The van der Waals surface area contributed by atoms with Crippen LogP contribution >= 0.6 is 0 Å². The van der Waals surface area contributed by atoms with Gasteiger partial charge in [0.1, 0.15) is 17.6 Å². The molecule has 2 rings (SSSR count). The Morgan fingerprint density at radius 1 is 0.941 bits per heavy atom. The van der Waals surface area contributed by atoms with Crippen molar-refractivity contribution in [2.45, 2.75) is 13.8 Å². The standard InChI is InChI=1S/C15H13NO/c1-11-6-3-4-9-14(11)17-15-12(2)7-5-8-13(15)10-16/h3-9H,1-2H3. The fraction of sp³-hybridized carbons (Fsp3) is 0.133. The van der Waals surface area contributed by atoms with Crippen LogP contribution < -0.4 is 4.74 Å². The van der Waals surface area contributed by atoms with E-state index in [0.717, 1.165) is 16.9 Å². The van der Waals surface area contributed by atoms with Crippen molar-refractivity contribution in [3.63, 3.8) is 0 Å². The molecule has 0 N–H and O–H groups in total. The fourth-order valence-electron chi connectivity index (χ4n) is 1.66. The summed E-state index contributed by atoms with van der Waals surface area (Å²) >= 11 is 0. The molecule has 0 saturated heterocycles. The zero-order valence-electron chi connectivity index (χ0n) is 9.90. The van der Waals surface area contributed by atoms with Crippen LogP contribution in [0.25, 0.3) is 0 Å². The predicted octanol–water partition coefficient (Wildman–Crippen LogP) is 3.97. The number of benzene rings is 2. The van der Waals surface area contributed by atoms with E-state index >= 15 is 0 Å². The highest BCUT2D eigenvalue weighted by atomic mass is 16.5. The van der Waals surface area contributed by atoms with Crippen LogP contribution in [0.4, 0.5) is 0 Å². The number of para-hydroxylation sites is 2. The lowest BCUT2D eigenvalue weighted by Crippen LogP contribution is -1.92. The summed E-state index contributed by atoms with van der Waals surface area (Å²) in [5.41, 5.74) is 2.58. The summed E-state index contributed by atoms with van der Waals surface area (Å²) in [7, 11) is 0. The van der Waals surface area contributed by atoms with Crippen LogP contribution in [0, 0.1) is 25.2 Å². The van der Waals surface area contributed by atoms with Gasteiger partial charge in [0.25, 0.3) is 0 Å². The Bertz CT molecular complexity index is 582. The second-order valence-electron chi connectivity index (χ2n) is 3.93. The Kier molecular flexibility index (Phi) is 3.11. The fourth-order valence-corrected chi connectivity index (χ4v) is 1.66. The van der Waals surface area contributed by atoms with Gasteiger partial charge in [-0.3, -0.25) is 0 Å². The van der Waals surface area contributed by atoms with Gasteiger partial charge in [-0.25, -0.2) is 0 Å². The number of nitriles is 1. The molecule has 0 heterocycles. The Morgan fingerprint density at radius 2 is 1.65 bits per heavy atom. The highest BCUT2D eigenvalue weighted by Gasteiger charge is 2.08. The van der Waals surface area contributed by atoms with Gasteiger partial charge in [0, 0.05) is 0 Å². The van der Waals surface area contributed by atoms with Crippen molar-refractivity contribution in [2.24, 2.45) is 0 Å². The molecule has 2 nitrogen and oxygen atoms in total. The highest BCUT2D eigenvalue weighted by Crippen LogP contribution is 2.30. The van der Waals surface area contributed by atoms with Gasteiger partial charge in [-0.1, -0.05) is 30.3 Å². The largest absolute Gasteiger partial charge is 0.455 e. The SMILES string of the molecule is Cc1ccccc1Oc1c(C)cccc1C#N. The number of rotatable bonds is 2. The minimum Gasteiger partial charge on any atom is -0.455 e. The maximum Gasteiger partial charge on any atom is 0.148 e. The van der Waals surface area contributed by atoms with Crippen LogP contribution in [0.15, 0.2) is 42.5 Å². The Hall–Kier alpha value is -2.27. The second-order valence-corrected chi connectivity index (χ2v) is 3.93.